The van der Waals surface area contributed by atoms with Gasteiger partial charge in [-0.15, -0.1) is 0 Å². The molecule has 6 heavy (non-hydrogen) atoms. The summed E-state index contributed by atoms with van der Waals surface area (Å²) in [6.07, 6.45) is 1.24. The van der Waals surface area contributed by atoms with Crippen LogP contribution in [0.1, 0.15) is 6.92 Å². The molecule has 0 aliphatic carbocycles. The third-order valence-electron chi connectivity index (χ3n) is 0.405. The maximum Gasteiger partial charge on any atom is 0.0811 e. The van der Waals surface area contributed by atoms with E-state index in [1.54, 1.807) is 0 Å². The Kier molecular flexibility index (Phi) is 4.34. The summed E-state index contributed by atoms with van der Waals surface area (Å²) in [5.41, 5.74) is 0. The molecule has 0 aromatic rings. The van der Waals surface area contributed by atoms with Crippen LogP contribution in [0, 0.1) is 5.41 Å². The van der Waals surface area contributed by atoms with Gasteiger partial charge in [0.15, 0.2) is 0 Å². The van der Waals surface area contributed by atoms with Crippen molar-refractivity contribution in [2.24, 2.45) is 0 Å². The van der Waals surface area contributed by atoms with Gasteiger partial charge in [0.2, 0.25) is 0 Å². The molecule has 0 aromatic heterocycles. The third kappa shape index (κ3) is 3.63. The lowest BCUT2D eigenvalue weighted by Crippen LogP contribution is -1.91. The molecule has 0 aliphatic heterocycles. The van der Waals surface area contributed by atoms with E-state index in [2.05, 4.69) is 0 Å². The normalized spacial score (nSPS) is 8.17. The van der Waals surface area contributed by atoms with E-state index in [9.17, 15) is 0 Å². The summed E-state index contributed by atoms with van der Waals surface area (Å²) in [5.74, 6) is 0. The number of hydrogen-bond donors (Lipinski definition) is 1. The lowest BCUT2D eigenvalue weighted by atomic mass is 10.8. The van der Waals surface area contributed by atoms with Gasteiger partial charge < -0.3 is 10.1 Å². The highest BCUT2D eigenvalue weighted by Crippen LogP contribution is 1.63. The van der Waals surface area contributed by atoms with Crippen molar-refractivity contribution in [1.82, 2.24) is 0 Å². The molecule has 0 radical (unpaired) electrons. The van der Waals surface area contributed by atoms with Crippen molar-refractivity contribution in [2.45, 2.75) is 6.92 Å². The number of nitrogens with one attached hydrogen (secondary N) is 1. The fourth-order valence-electron chi connectivity index (χ4n) is 0.177. The first-order valence-electron chi connectivity index (χ1n) is 1.98. The smallest absolute Gasteiger partial charge is 0.0811 e. The van der Waals surface area contributed by atoms with E-state index in [0.717, 1.165) is 0 Å². The number of hydrogen-bond acceptors (Lipinski definition) is 2. The zero-order chi connectivity index (χ0) is 4.83. The molecule has 0 spiro atoms. The van der Waals surface area contributed by atoms with E-state index in [4.69, 9.17) is 10.1 Å². The van der Waals surface area contributed by atoms with Crippen molar-refractivity contribution in [3.05, 3.63) is 0 Å². The Labute approximate surface area is 37.6 Å². The van der Waals surface area contributed by atoms with Crippen LogP contribution in [0.5, 0.6) is 0 Å². The molecule has 0 aromatic carbocycles. The molecule has 0 aliphatic rings. The molecule has 0 rings (SSSR count). The van der Waals surface area contributed by atoms with Gasteiger partial charge in [0.1, 0.15) is 0 Å². The van der Waals surface area contributed by atoms with Gasteiger partial charge in [0.05, 0.1) is 6.61 Å². The monoisotopic (exact) mass is 87.1 g/mol. The van der Waals surface area contributed by atoms with Crippen LogP contribution in [0.2, 0.25) is 0 Å². The fourth-order valence-corrected chi connectivity index (χ4v) is 0.177. The first-order valence-corrected chi connectivity index (χ1v) is 1.98. The Morgan fingerprint density at radius 2 is 2.50 bits per heavy atom. The Balaban J connectivity index is 2.49. The van der Waals surface area contributed by atoms with Gasteiger partial charge in [-0.2, -0.15) is 0 Å². The van der Waals surface area contributed by atoms with Crippen LogP contribution in [0.3, 0.4) is 0 Å². The first kappa shape index (κ1) is 5.63. The summed E-state index contributed by atoms with van der Waals surface area (Å²) in [6.45, 7) is 3.06. The van der Waals surface area contributed by atoms with Crippen molar-refractivity contribution in [3.63, 3.8) is 0 Å². The van der Waals surface area contributed by atoms with E-state index in [1.807, 2.05) is 6.92 Å². The average Bonchev–Trinajstić information content (AvgIpc) is 1.61. The van der Waals surface area contributed by atoms with Gasteiger partial charge in [-0.05, 0) is 6.92 Å². The van der Waals surface area contributed by atoms with E-state index < -0.39 is 0 Å². The maximum absolute atomic E-state index is 6.46. The summed E-state index contributed by atoms with van der Waals surface area (Å²) in [7, 11) is 0. The molecule has 0 unspecified atom stereocenters. The van der Waals surface area contributed by atoms with Crippen molar-refractivity contribution >= 4 is 6.21 Å². The highest BCUT2D eigenvalue weighted by Gasteiger charge is 1.69. The van der Waals surface area contributed by atoms with Gasteiger partial charge in [-0.3, -0.25) is 0 Å². The predicted octanol–water partition coefficient (Wildman–Crippen LogP) is 0.672. The first-order chi connectivity index (χ1) is 2.91. The molecular weight excluding hydrogens is 78.0 g/mol. The minimum atomic E-state index is 0.455. The van der Waals surface area contributed by atoms with E-state index in [0.29, 0.717) is 13.2 Å². The van der Waals surface area contributed by atoms with Gasteiger partial charge in [0.25, 0.3) is 0 Å². The highest BCUT2D eigenvalue weighted by molar-refractivity contribution is 5.53. The van der Waals surface area contributed by atoms with Crippen LogP contribution >= 0.6 is 0 Å². The molecule has 0 bridgehead atoms. The topological polar surface area (TPSA) is 33.1 Å². The third-order valence-corrected chi connectivity index (χ3v) is 0.405. The van der Waals surface area contributed by atoms with Crippen molar-refractivity contribution in [1.29, 1.82) is 5.41 Å². The van der Waals surface area contributed by atoms with Gasteiger partial charge in [-0.1, -0.05) is 0 Å². The van der Waals surface area contributed by atoms with E-state index >= 15 is 0 Å². The molecule has 0 atom stereocenters. The number of rotatable bonds is 3. The molecule has 1 N–H and O–H groups in total. The van der Waals surface area contributed by atoms with E-state index in [-0.39, 0.29) is 0 Å². The van der Waals surface area contributed by atoms with Crippen molar-refractivity contribution < 1.29 is 4.74 Å². The Morgan fingerprint density at radius 3 is 2.67 bits per heavy atom. The molecule has 2 nitrogen and oxygen atoms in total. The van der Waals surface area contributed by atoms with Crippen LogP contribution in [0.25, 0.3) is 0 Å². The fraction of sp³-hybridized carbons (Fsp3) is 0.750. The molecule has 0 saturated heterocycles. The second-order valence-corrected chi connectivity index (χ2v) is 0.864. The Hall–Kier alpha value is -0.370. The highest BCUT2D eigenvalue weighted by atomic mass is 16.5. The quantitative estimate of drug-likeness (QED) is 0.398. The second-order valence-electron chi connectivity index (χ2n) is 0.864. The van der Waals surface area contributed by atoms with Gasteiger partial charge in [-0.25, -0.2) is 0 Å². The largest absolute Gasteiger partial charge is 0.376 e. The Bertz CT molecular complexity index is 36.5. The molecule has 0 amide bonds. The molecule has 0 heterocycles. The molecular formula is C4H9NO. The summed E-state index contributed by atoms with van der Waals surface area (Å²) >= 11 is 0. The SMILES string of the molecule is CCOCC=N. The molecule has 2 heteroatoms. The average molecular weight is 87.1 g/mol. The molecule has 36 valence electrons. The van der Waals surface area contributed by atoms with E-state index in [1.165, 1.54) is 6.21 Å². The minimum absolute atomic E-state index is 0.455. The summed E-state index contributed by atoms with van der Waals surface area (Å²) in [4.78, 5) is 0. The molecule has 0 fully saturated rings. The Morgan fingerprint density at radius 1 is 1.83 bits per heavy atom. The number of ether oxygens (including phenoxy) is 1. The lowest BCUT2D eigenvalue weighted by molar-refractivity contribution is 0.189. The van der Waals surface area contributed by atoms with Crippen molar-refractivity contribution in [3.8, 4) is 0 Å². The second kappa shape index (κ2) is 4.63. The van der Waals surface area contributed by atoms with Crippen LogP contribution in [-0.2, 0) is 4.74 Å². The minimum Gasteiger partial charge on any atom is -0.376 e. The summed E-state index contributed by atoms with van der Waals surface area (Å²) < 4.78 is 4.74. The predicted molar refractivity (Wildman–Crippen MR) is 25.3 cm³/mol. The standard InChI is InChI=1S/C4H9NO/c1-2-6-4-3-5/h3,5H,2,4H2,1H3. The summed E-state index contributed by atoms with van der Waals surface area (Å²) in [5, 5.41) is 6.46. The molecule has 0 saturated carbocycles. The maximum atomic E-state index is 6.46. The van der Waals surface area contributed by atoms with Gasteiger partial charge >= 0.3 is 0 Å². The zero-order valence-electron chi connectivity index (χ0n) is 3.90. The van der Waals surface area contributed by atoms with Crippen LogP contribution < -0.4 is 0 Å². The lowest BCUT2D eigenvalue weighted by Gasteiger charge is -1.87. The van der Waals surface area contributed by atoms with Crippen LogP contribution in [-0.4, -0.2) is 19.4 Å². The van der Waals surface area contributed by atoms with Crippen LogP contribution in [0.4, 0.5) is 0 Å². The van der Waals surface area contributed by atoms with Gasteiger partial charge in [0, 0.05) is 12.8 Å². The zero-order valence-corrected chi connectivity index (χ0v) is 3.90. The van der Waals surface area contributed by atoms with Crippen molar-refractivity contribution in [2.75, 3.05) is 13.2 Å². The van der Waals surface area contributed by atoms with Crippen LogP contribution in [0.15, 0.2) is 0 Å². The summed E-state index contributed by atoms with van der Waals surface area (Å²) in [6, 6.07) is 0.